The fourth-order valence-corrected chi connectivity index (χ4v) is 3.79. The summed E-state index contributed by atoms with van der Waals surface area (Å²) in [4.78, 5) is 25.7. The van der Waals surface area contributed by atoms with Crippen LogP contribution in [-0.4, -0.2) is 43.7 Å². The topological polar surface area (TPSA) is 88.2 Å². The zero-order valence-corrected chi connectivity index (χ0v) is 17.5. The molecule has 152 valence electrons. The maximum atomic E-state index is 13.0. The molecule has 0 saturated carbocycles. The van der Waals surface area contributed by atoms with E-state index < -0.39 is 17.5 Å². The van der Waals surface area contributed by atoms with E-state index in [4.69, 9.17) is 9.47 Å². The van der Waals surface area contributed by atoms with E-state index >= 15 is 0 Å². The third-order valence-corrected chi connectivity index (χ3v) is 4.91. The van der Waals surface area contributed by atoms with Gasteiger partial charge in [-0.2, -0.15) is 0 Å². The molecular formula is C20H28N4O4. The summed E-state index contributed by atoms with van der Waals surface area (Å²) in [5, 5.41) is 8.37. The van der Waals surface area contributed by atoms with Crippen molar-refractivity contribution in [1.82, 2.24) is 19.6 Å². The molecule has 0 bridgehead atoms. The molecule has 0 N–H and O–H groups in total. The highest BCUT2D eigenvalue weighted by atomic mass is 16.6. The molecule has 2 heterocycles. The van der Waals surface area contributed by atoms with Gasteiger partial charge < -0.3 is 14.0 Å². The second kappa shape index (κ2) is 7.41. The summed E-state index contributed by atoms with van der Waals surface area (Å²) in [6.45, 7) is 7.53. The van der Waals surface area contributed by atoms with E-state index in [9.17, 15) is 9.59 Å². The first kappa shape index (κ1) is 20.1. The SMILES string of the molecule is CCOC(=O)c1c2c(c(C(=O)OC(C)(C)C)n1C)CCc1nnn(C)c1CC2. The molecular weight excluding hydrogens is 360 g/mol. The van der Waals surface area contributed by atoms with Gasteiger partial charge >= 0.3 is 11.9 Å². The molecule has 2 aromatic rings. The summed E-state index contributed by atoms with van der Waals surface area (Å²) in [5.74, 6) is -0.846. The van der Waals surface area contributed by atoms with Crippen LogP contribution in [0.2, 0.25) is 0 Å². The molecule has 8 heteroatoms. The largest absolute Gasteiger partial charge is 0.461 e. The smallest absolute Gasteiger partial charge is 0.355 e. The van der Waals surface area contributed by atoms with E-state index in [-0.39, 0.29) is 6.61 Å². The minimum atomic E-state index is -0.627. The van der Waals surface area contributed by atoms with E-state index in [0.717, 1.165) is 22.5 Å². The first-order chi connectivity index (χ1) is 13.1. The van der Waals surface area contributed by atoms with Crippen molar-refractivity contribution in [2.24, 2.45) is 14.1 Å². The molecule has 8 nitrogen and oxygen atoms in total. The first-order valence-electron chi connectivity index (χ1n) is 9.62. The summed E-state index contributed by atoms with van der Waals surface area (Å²) in [6, 6.07) is 0. The van der Waals surface area contributed by atoms with Crippen molar-refractivity contribution < 1.29 is 19.1 Å². The van der Waals surface area contributed by atoms with Gasteiger partial charge in [-0.05, 0) is 64.5 Å². The Labute approximate surface area is 164 Å². The molecule has 2 aromatic heterocycles. The Morgan fingerprint density at radius 3 is 2.21 bits per heavy atom. The maximum absolute atomic E-state index is 13.0. The quantitative estimate of drug-likeness (QED) is 0.749. The number of aromatic nitrogens is 4. The van der Waals surface area contributed by atoms with Gasteiger partial charge in [-0.3, -0.25) is 4.68 Å². The highest BCUT2D eigenvalue weighted by Crippen LogP contribution is 2.30. The van der Waals surface area contributed by atoms with Crippen LogP contribution in [0.1, 0.15) is 71.2 Å². The Hall–Kier alpha value is -2.64. The van der Waals surface area contributed by atoms with E-state index in [1.54, 1.807) is 23.2 Å². The number of carbonyl (C=O) groups is 2. The number of aryl methyl sites for hydroxylation is 2. The van der Waals surface area contributed by atoms with Crippen LogP contribution in [0.15, 0.2) is 0 Å². The van der Waals surface area contributed by atoms with Crippen LogP contribution in [0.5, 0.6) is 0 Å². The summed E-state index contributed by atoms with van der Waals surface area (Å²) < 4.78 is 14.3. The van der Waals surface area contributed by atoms with Gasteiger partial charge in [0, 0.05) is 14.1 Å². The van der Waals surface area contributed by atoms with Gasteiger partial charge in [-0.15, -0.1) is 5.10 Å². The molecule has 0 spiro atoms. The van der Waals surface area contributed by atoms with Crippen molar-refractivity contribution in [1.29, 1.82) is 0 Å². The Morgan fingerprint density at radius 1 is 1.00 bits per heavy atom. The van der Waals surface area contributed by atoms with Gasteiger partial charge in [-0.1, -0.05) is 5.21 Å². The van der Waals surface area contributed by atoms with E-state index in [1.807, 2.05) is 27.8 Å². The number of ether oxygens (including phenoxy) is 2. The van der Waals surface area contributed by atoms with Crippen LogP contribution >= 0.6 is 0 Å². The molecule has 0 radical (unpaired) electrons. The maximum Gasteiger partial charge on any atom is 0.355 e. The lowest BCUT2D eigenvalue weighted by Crippen LogP contribution is -2.26. The van der Waals surface area contributed by atoms with Crippen LogP contribution in [0, 0.1) is 0 Å². The number of nitrogens with zero attached hydrogens (tertiary/aromatic N) is 4. The molecule has 1 aliphatic carbocycles. The second-order valence-corrected chi connectivity index (χ2v) is 8.04. The van der Waals surface area contributed by atoms with E-state index in [0.29, 0.717) is 37.1 Å². The van der Waals surface area contributed by atoms with Crippen LogP contribution in [0.4, 0.5) is 0 Å². The van der Waals surface area contributed by atoms with Crippen molar-refractivity contribution in [3.05, 3.63) is 33.9 Å². The fourth-order valence-electron chi connectivity index (χ4n) is 3.79. The summed E-state index contributed by atoms with van der Waals surface area (Å²) in [6.07, 6.45) is 2.53. The number of hydrogen-bond donors (Lipinski definition) is 0. The van der Waals surface area contributed by atoms with Gasteiger partial charge in [0.2, 0.25) is 0 Å². The van der Waals surface area contributed by atoms with Crippen molar-refractivity contribution in [3.63, 3.8) is 0 Å². The van der Waals surface area contributed by atoms with Gasteiger partial charge in [0.15, 0.2) is 0 Å². The van der Waals surface area contributed by atoms with E-state index in [1.165, 1.54) is 0 Å². The number of fused-ring (bicyclic) bond motifs is 2. The Kier molecular flexibility index (Phi) is 5.32. The zero-order chi connectivity index (χ0) is 20.6. The summed E-state index contributed by atoms with van der Waals surface area (Å²) in [5.41, 5.74) is 3.91. The van der Waals surface area contributed by atoms with E-state index in [2.05, 4.69) is 10.3 Å². The highest BCUT2D eigenvalue weighted by Gasteiger charge is 2.33. The first-order valence-corrected chi connectivity index (χ1v) is 9.62. The molecule has 0 fully saturated rings. The van der Waals surface area contributed by atoms with Crippen LogP contribution in [0.25, 0.3) is 0 Å². The lowest BCUT2D eigenvalue weighted by molar-refractivity contribution is 0.00575. The Bertz CT molecular complexity index is 918. The molecule has 28 heavy (non-hydrogen) atoms. The number of hydrogen-bond acceptors (Lipinski definition) is 6. The normalized spacial score (nSPS) is 13.9. The number of rotatable bonds is 3. The van der Waals surface area contributed by atoms with Gasteiger partial charge in [0.05, 0.1) is 18.0 Å². The molecule has 0 unspecified atom stereocenters. The van der Waals surface area contributed by atoms with Crippen molar-refractivity contribution in [2.75, 3.05) is 6.61 Å². The molecule has 0 saturated heterocycles. The lowest BCUT2D eigenvalue weighted by Gasteiger charge is -2.20. The van der Waals surface area contributed by atoms with Crippen LogP contribution < -0.4 is 0 Å². The monoisotopic (exact) mass is 388 g/mol. The minimum Gasteiger partial charge on any atom is -0.461 e. The van der Waals surface area contributed by atoms with Crippen LogP contribution in [-0.2, 0) is 49.3 Å². The zero-order valence-electron chi connectivity index (χ0n) is 17.5. The van der Waals surface area contributed by atoms with Gasteiger partial charge in [0.25, 0.3) is 0 Å². The number of esters is 2. The third-order valence-electron chi connectivity index (χ3n) is 4.91. The number of carbonyl (C=O) groups excluding carboxylic acids is 2. The lowest BCUT2D eigenvalue weighted by atomic mass is 9.93. The molecule has 0 atom stereocenters. The Balaban J connectivity index is 2.11. The van der Waals surface area contributed by atoms with Crippen LogP contribution in [0.3, 0.4) is 0 Å². The molecule has 3 rings (SSSR count). The van der Waals surface area contributed by atoms with Gasteiger partial charge in [-0.25, -0.2) is 9.59 Å². The molecule has 0 amide bonds. The second-order valence-electron chi connectivity index (χ2n) is 8.04. The summed E-state index contributed by atoms with van der Waals surface area (Å²) >= 11 is 0. The fraction of sp³-hybridized carbons (Fsp3) is 0.600. The highest BCUT2D eigenvalue weighted by molar-refractivity contribution is 5.97. The standard InChI is InChI=1S/C20H28N4O4/c1-7-27-18(25)16-13-9-11-15-14(21-22-24(15)6)10-8-12(13)17(23(16)5)19(26)28-20(2,3)4/h7-11H2,1-6H3. The molecule has 0 aliphatic heterocycles. The Morgan fingerprint density at radius 2 is 1.61 bits per heavy atom. The average Bonchev–Trinajstić information content (AvgIpc) is 3.04. The van der Waals surface area contributed by atoms with Crippen molar-refractivity contribution >= 4 is 11.9 Å². The predicted octanol–water partition coefficient (Wildman–Crippen LogP) is 2.17. The molecule has 1 aliphatic rings. The van der Waals surface area contributed by atoms with Gasteiger partial charge in [0.1, 0.15) is 17.0 Å². The average molecular weight is 388 g/mol. The molecule has 0 aromatic carbocycles. The predicted molar refractivity (Wildman–Crippen MR) is 102 cm³/mol. The minimum absolute atomic E-state index is 0.274. The van der Waals surface area contributed by atoms with Crippen molar-refractivity contribution in [3.8, 4) is 0 Å². The van der Waals surface area contributed by atoms with Crippen molar-refractivity contribution in [2.45, 2.75) is 59.0 Å². The third kappa shape index (κ3) is 3.68. The summed E-state index contributed by atoms with van der Waals surface area (Å²) in [7, 11) is 3.60.